The lowest BCUT2D eigenvalue weighted by molar-refractivity contribution is -0.0255. The number of rotatable bonds is 4. The monoisotopic (exact) mass is 366 g/mol. The molecule has 2 aromatic rings. The number of ether oxygens (including phenoxy) is 1. The molecule has 1 aliphatic carbocycles. The number of aliphatic hydroxyl groups is 1. The minimum atomic E-state index is -1.14. The van der Waals surface area contributed by atoms with E-state index in [4.69, 9.17) is 4.74 Å². The van der Waals surface area contributed by atoms with Crippen LogP contribution >= 0.6 is 0 Å². The molecule has 2 aromatic carbocycles. The summed E-state index contributed by atoms with van der Waals surface area (Å²) >= 11 is 0. The van der Waals surface area contributed by atoms with Crippen molar-refractivity contribution in [2.24, 2.45) is 0 Å². The molecule has 0 saturated carbocycles. The lowest BCUT2D eigenvalue weighted by Crippen LogP contribution is -2.56. The predicted molar refractivity (Wildman–Crippen MR) is 108 cm³/mol. The highest BCUT2D eigenvalue weighted by Gasteiger charge is 2.59. The molecule has 1 atom stereocenters. The summed E-state index contributed by atoms with van der Waals surface area (Å²) in [6, 6.07) is 11.7. The van der Waals surface area contributed by atoms with Crippen LogP contribution in [0.4, 0.5) is 0 Å². The molecular formula is C24H30O3. The zero-order valence-electron chi connectivity index (χ0n) is 17.4. The van der Waals surface area contributed by atoms with Gasteiger partial charge in [-0.05, 0) is 51.8 Å². The van der Waals surface area contributed by atoms with E-state index in [0.717, 1.165) is 11.1 Å². The maximum Gasteiger partial charge on any atom is 0.337 e. The van der Waals surface area contributed by atoms with Gasteiger partial charge in [-0.3, -0.25) is 0 Å². The van der Waals surface area contributed by atoms with E-state index in [-0.39, 0.29) is 0 Å². The second kappa shape index (κ2) is 6.49. The quantitative estimate of drug-likeness (QED) is 0.752. The molecule has 0 bridgehead atoms. The Hall–Kier alpha value is -2.13. The minimum absolute atomic E-state index is 0.295. The van der Waals surface area contributed by atoms with Crippen LogP contribution in [0.1, 0.15) is 91.6 Å². The molecule has 0 heterocycles. The topological polar surface area (TPSA) is 46.5 Å². The molecule has 0 amide bonds. The van der Waals surface area contributed by atoms with Crippen molar-refractivity contribution in [3.63, 3.8) is 0 Å². The van der Waals surface area contributed by atoms with Crippen LogP contribution in [0.5, 0.6) is 0 Å². The number of methoxy groups -OCH3 is 1. The third-order valence-corrected chi connectivity index (χ3v) is 6.12. The Balaban J connectivity index is 2.26. The molecule has 3 heteroatoms. The fourth-order valence-electron chi connectivity index (χ4n) is 4.31. The van der Waals surface area contributed by atoms with Gasteiger partial charge in [-0.15, -0.1) is 0 Å². The summed E-state index contributed by atoms with van der Waals surface area (Å²) in [6.07, 6.45) is 0. The number of esters is 1. The lowest BCUT2D eigenvalue weighted by Gasteiger charge is -2.56. The van der Waals surface area contributed by atoms with Gasteiger partial charge in [0.2, 0.25) is 0 Å². The molecule has 27 heavy (non-hydrogen) atoms. The van der Waals surface area contributed by atoms with Gasteiger partial charge in [0, 0.05) is 5.41 Å². The summed E-state index contributed by atoms with van der Waals surface area (Å²) in [5.41, 5.74) is 4.28. The molecule has 1 aliphatic rings. The highest BCUT2D eigenvalue weighted by Crippen LogP contribution is 2.60. The van der Waals surface area contributed by atoms with Crippen LogP contribution < -0.4 is 0 Å². The van der Waals surface area contributed by atoms with E-state index < -0.39 is 17.0 Å². The molecule has 0 aliphatic heterocycles. The van der Waals surface area contributed by atoms with Crippen LogP contribution in [-0.4, -0.2) is 18.2 Å². The zero-order chi connectivity index (χ0) is 20.1. The van der Waals surface area contributed by atoms with Gasteiger partial charge in [0.05, 0.1) is 12.7 Å². The van der Waals surface area contributed by atoms with E-state index in [1.165, 1.54) is 23.8 Å². The van der Waals surface area contributed by atoms with E-state index in [1.807, 2.05) is 12.1 Å². The van der Waals surface area contributed by atoms with Crippen molar-refractivity contribution >= 4 is 5.97 Å². The standard InChI is InChI=1S/C24H30O3/c1-14(2)17-12-19(15(3)4)21-20(13-17)23(5,6)24(21,26)18-10-8-9-16(11-18)22(25)27-7/h8-15,26H,1-7H3. The average Bonchev–Trinajstić information content (AvgIpc) is 2.65. The fraction of sp³-hybridized carbons (Fsp3) is 0.458. The van der Waals surface area contributed by atoms with Crippen molar-refractivity contribution in [2.75, 3.05) is 7.11 Å². The Morgan fingerprint density at radius 1 is 1.04 bits per heavy atom. The summed E-state index contributed by atoms with van der Waals surface area (Å²) in [4.78, 5) is 12.0. The third kappa shape index (κ3) is 2.71. The van der Waals surface area contributed by atoms with E-state index >= 15 is 0 Å². The first kappa shape index (κ1) is 19.6. The normalized spacial score (nSPS) is 20.4. The molecule has 144 valence electrons. The van der Waals surface area contributed by atoms with Gasteiger partial charge >= 0.3 is 5.97 Å². The smallest absolute Gasteiger partial charge is 0.337 e. The fourth-order valence-corrected chi connectivity index (χ4v) is 4.31. The van der Waals surface area contributed by atoms with E-state index in [9.17, 15) is 9.90 Å². The molecular weight excluding hydrogens is 336 g/mol. The number of fused-ring (bicyclic) bond motifs is 1. The molecule has 3 nitrogen and oxygen atoms in total. The molecule has 3 rings (SSSR count). The molecule has 1 N–H and O–H groups in total. The zero-order valence-corrected chi connectivity index (χ0v) is 17.4. The first-order chi connectivity index (χ1) is 12.6. The molecule has 0 saturated heterocycles. The van der Waals surface area contributed by atoms with Gasteiger partial charge in [0.25, 0.3) is 0 Å². The lowest BCUT2D eigenvalue weighted by atomic mass is 9.50. The summed E-state index contributed by atoms with van der Waals surface area (Å²) in [7, 11) is 1.37. The van der Waals surface area contributed by atoms with Crippen LogP contribution in [-0.2, 0) is 15.8 Å². The van der Waals surface area contributed by atoms with Gasteiger partial charge in [-0.2, -0.15) is 0 Å². The van der Waals surface area contributed by atoms with Crippen LogP contribution in [0.15, 0.2) is 36.4 Å². The van der Waals surface area contributed by atoms with Crippen LogP contribution in [0.3, 0.4) is 0 Å². The molecule has 0 spiro atoms. The second-order valence-corrected chi connectivity index (χ2v) is 8.75. The second-order valence-electron chi connectivity index (χ2n) is 8.75. The van der Waals surface area contributed by atoms with Gasteiger partial charge in [0.1, 0.15) is 5.60 Å². The molecule has 0 radical (unpaired) electrons. The predicted octanol–water partition coefficient (Wildman–Crippen LogP) is 5.25. The first-order valence-electron chi connectivity index (χ1n) is 9.65. The average molecular weight is 367 g/mol. The van der Waals surface area contributed by atoms with Crippen molar-refractivity contribution in [1.82, 2.24) is 0 Å². The van der Waals surface area contributed by atoms with E-state index in [1.54, 1.807) is 12.1 Å². The Morgan fingerprint density at radius 2 is 1.70 bits per heavy atom. The summed E-state index contributed by atoms with van der Waals surface area (Å²) in [5.74, 6) is 0.334. The Bertz CT molecular complexity index is 875. The van der Waals surface area contributed by atoms with E-state index in [0.29, 0.717) is 17.4 Å². The van der Waals surface area contributed by atoms with Crippen LogP contribution in [0, 0.1) is 0 Å². The van der Waals surface area contributed by atoms with Crippen LogP contribution in [0.25, 0.3) is 0 Å². The largest absolute Gasteiger partial charge is 0.465 e. The van der Waals surface area contributed by atoms with Crippen molar-refractivity contribution in [2.45, 2.75) is 64.4 Å². The van der Waals surface area contributed by atoms with Gasteiger partial charge < -0.3 is 9.84 Å². The number of hydrogen-bond donors (Lipinski definition) is 1. The highest BCUT2D eigenvalue weighted by atomic mass is 16.5. The van der Waals surface area contributed by atoms with Gasteiger partial charge in [-0.1, -0.05) is 65.8 Å². The summed E-state index contributed by atoms with van der Waals surface area (Å²) < 4.78 is 4.86. The minimum Gasteiger partial charge on any atom is -0.465 e. The third-order valence-electron chi connectivity index (χ3n) is 6.12. The number of carbonyl (C=O) groups excluding carboxylic acids is 1. The number of benzene rings is 2. The summed E-state index contributed by atoms with van der Waals surface area (Å²) in [6.45, 7) is 12.9. The molecule has 0 fully saturated rings. The van der Waals surface area contributed by atoms with Crippen molar-refractivity contribution in [1.29, 1.82) is 0 Å². The SMILES string of the molecule is COC(=O)c1cccc(C2(O)c3c(C(C)C)cc(C(C)C)cc3C2(C)C)c1. The highest BCUT2D eigenvalue weighted by molar-refractivity contribution is 5.89. The number of hydrogen-bond acceptors (Lipinski definition) is 3. The van der Waals surface area contributed by atoms with E-state index in [2.05, 4.69) is 53.7 Å². The first-order valence-corrected chi connectivity index (χ1v) is 9.65. The van der Waals surface area contributed by atoms with Crippen molar-refractivity contribution < 1.29 is 14.6 Å². The van der Waals surface area contributed by atoms with Crippen molar-refractivity contribution in [3.05, 3.63) is 69.8 Å². The maximum absolute atomic E-state index is 12.0. The Morgan fingerprint density at radius 3 is 2.26 bits per heavy atom. The molecule has 1 unspecified atom stereocenters. The molecule has 0 aromatic heterocycles. The maximum atomic E-state index is 12.0. The van der Waals surface area contributed by atoms with Crippen LogP contribution in [0.2, 0.25) is 0 Å². The summed E-state index contributed by atoms with van der Waals surface area (Å²) in [5, 5.41) is 11.9. The Labute approximate surface area is 162 Å². The Kier molecular flexibility index (Phi) is 4.72. The van der Waals surface area contributed by atoms with Crippen molar-refractivity contribution in [3.8, 4) is 0 Å². The van der Waals surface area contributed by atoms with Gasteiger partial charge in [-0.25, -0.2) is 4.79 Å². The number of carbonyl (C=O) groups is 1. The van der Waals surface area contributed by atoms with Gasteiger partial charge in [0.15, 0.2) is 0 Å².